The number of nitrogens with one attached hydrogen (secondary N) is 1. The van der Waals surface area contributed by atoms with Gasteiger partial charge in [-0.1, -0.05) is 19.9 Å². The summed E-state index contributed by atoms with van der Waals surface area (Å²) >= 11 is 0. The SMILES string of the molecule is Cc1[nH]n(-c2cccc(C#N)c2)c(=O)c1C(C)C. The third-order valence-corrected chi connectivity index (χ3v) is 2.93. The molecule has 0 spiro atoms. The molecule has 0 amide bonds. The Hall–Kier alpha value is -2.28. The van der Waals surface area contributed by atoms with E-state index in [0.29, 0.717) is 11.3 Å². The van der Waals surface area contributed by atoms with Crippen LogP contribution in [0.2, 0.25) is 0 Å². The largest absolute Gasteiger partial charge is 0.295 e. The van der Waals surface area contributed by atoms with Crippen LogP contribution in [0.4, 0.5) is 0 Å². The molecule has 0 aliphatic heterocycles. The molecular formula is C14H15N3O. The zero-order valence-corrected chi connectivity index (χ0v) is 10.7. The first-order valence-corrected chi connectivity index (χ1v) is 5.86. The molecule has 1 heterocycles. The van der Waals surface area contributed by atoms with Gasteiger partial charge < -0.3 is 0 Å². The number of nitrogens with zero attached hydrogens (tertiary/aromatic N) is 2. The van der Waals surface area contributed by atoms with E-state index in [2.05, 4.69) is 11.2 Å². The molecule has 0 aliphatic carbocycles. The lowest BCUT2D eigenvalue weighted by molar-refractivity contribution is 0.824. The van der Waals surface area contributed by atoms with Crippen molar-refractivity contribution in [1.29, 1.82) is 5.26 Å². The second-order valence-electron chi connectivity index (χ2n) is 4.61. The quantitative estimate of drug-likeness (QED) is 0.877. The normalized spacial score (nSPS) is 10.6. The first-order valence-electron chi connectivity index (χ1n) is 5.86. The summed E-state index contributed by atoms with van der Waals surface area (Å²) in [5.74, 6) is 0.175. The van der Waals surface area contributed by atoms with Crippen molar-refractivity contribution in [3.8, 4) is 11.8 Å². The highest BCUT2D eigenvalue weighted by molar-refractivity contribution is 5.41. The maximum atomic E-state index is 12.3. The molecule has 0 saturated carbocycles. The molecule has 18 heavy (non-hydrogen) atoms. The van der Waals surface area contributed by atoms with Crippen molar-refractivity contribution in [2.45, 2.75) is 26.7 Å². The van der Waals surface area contributed by atoms with Crippen LogP contribution in [0.15, 0.2) is 29.1 Å². The molecule has 0 radical (unpaired) electrons. The molecule has 4 heteroatoms. The number of nitriles is 1. The van der Waals surface area contributed by atoms with E-state index in [0.717, 1.165) is 11.3 Å². The molecule has 1 aromatic heterocycles. The van der Waals surface area contributed by atoms with Crippen LogP contribution >= 0.6 is 0 Å². The highest BCUT2D eigenvalue weighted by Crippen LogP contribution is 2.15. The van der Waals surface area contributed by atoms with E-state index in [1.54, 1.807) is 18.2 Å². The predicted octanol–water partition coefficient (Wildman–Crippen LogP) is 2.47. The van der Waals surface area contributed by atoms with Crippen LogP contribution in [0.3, 0.4) is 0 Å². The van der Waals surface area contributed by atoms with E-state index in [9.17, 15) is 4.79 Å². The summed E-state index contributed by atoms with van der Waals surface area (Å²) in [6.45, 7) is 5.88. The van der Waals surface area contributed by atoms with Crippen molar-refractivity contribution in [3.05, 3.63) is 51.4 Å². The molecule has 4 nitrogen and oxygen atoms in total. The first kappa shape index (κ1) is 12.2. The second-order valence-corrected chi connectivity index (χ2v) is 4.61. The van der Waals surface area contributed by atoms with Gasteiger partial charge in [0.25, 0.3) is 5.56 Å². The van der Waals surface area contributed by atoms with Crippen molar-refractivity contribution in [2.75, 3.05) is 0 Å². The van der Waals surface area contributed by atoms with Gasteiger partial charge >= 0.3 is 0 Å². The van der Waals surface area contributed by atoms with Gasteiger partial charge in [0.05, 0.1) is 17.3 Å². The minimum Gasteiger partial charge on any atom is -0.295 e. The molecule has 2 aromatic rings. The number of H-pyrrole nitrogens is 1. The number of rotatable bonds is 2. The minimum absolute atomic E-state index is 0.0439. The number of aryl methyl sites for hydroxylation is 1. The van der Waals surface area contributed by atoms with Crippen molar-refractivity contribution >= 4 is 0 Å². The first-order chi connectivity index (χ1) is 8.54. The Labute approximate surface area is 105 Å². The number of benzene rings is 1. The Kier molecular flexibility index (Phi) is 3.07. The number of aromatic amines is 1. The van der Waals surface area contributed by atoms with Crippen molar-refractivity contribution in [2.24, 2.45) is 0 Å². The molecule has 2 rings (SSSR count). The average molecular weight is 241 g/mol. The molecule has 0 fully saturated rings. The molecule has 0 atom stereocenters. The monoisotopic (exact) mass is 241 g/mol. The Bertz CT molecular complexity index is 671. The van der Waals surface area contributed by atoms with Gasteiger partial charge in [0.2, 0.25) is 0 Å². The van der Waals surface area contributed by atoms with E-state index in [-0.39, 0.29) is 11.5 Å². The van der Waals surface area contributed by atoms with Gasteiger partial charge in [-0.25, -0.2) is 4.68 Å². The summed E-state index contributed by atoms with van der Waals surface area (Å²) in [5, 5.41) is 11.9. The van der Waals surface area contributed by atoms with E-state index < -0.39 is 0 Å². The van der Waals surface area contributed by atoms with Gasteiger partial charge in [0, 0.05) is 11.3 Å². The second kappa shape index (κ2) is 4.53. The molecule has 92 valence electrons. The van der Waals surface area contributed by atoms with Crippen LogP contribution in [0.25, 0.3) is 5.69 Å². The van der Waals surface area contributed by atoms with E-state index >= 15 is 0 Å². The van der Waals surface area contributed by atoms with E-state index in [1.807, 2.05) is 26.8 Å². The fourth-order valence-corrected chi connectivity index (χ4v) is 2.14. The predicted molar refractivity (Wildman–Crippen MR) is 69.9 cm³/mol. The number of hydrogen-bond acceptors (Lipinski definition) is 2. The summed E-state index contributed by atoms with van der Waals surface area (Å²) in [6.07, 6.45) is 0. The summed E-state index contributed by atoms with van der Waals surface area (Å²) in [4.78, 5) is 12.3. The Morgan fingerprint density at radius 3 is 2.67 bits per heavy atom. The molecule has 0 unspecified atom stereocenters. The lowest BCUT2D eigenvalue weighted by Gasteiger charge is -2.01. The molecule has 1 N–H and O–H groups in total. The Morgan fingerprint density at radius 1 is 1.39 bits per heavy atom. The van der Waals surface area contributed by atoms with Crippen LogP contribution in [0, 0.1) is 18.3 Å². The number of hydrogen-bond donors (Lipinski definition) is 1. The summed E-state index contributed by atoms with van der Waals surface area (Å²) in [6, 6.07) is 9.06. The Morgan fingerprint density at radius 2 is 2.11 bits per heavy atom. The third-order valence-electron chi connectivity index (χ3n) is 2.93. The molecule has 0 bridgehead atoms. The highest BCUT2D eigenvalue weighted by Gasteiger charge is 2.15. The van der Waals surface area contributed by atoms with Gasteiger partial charge in [-0.2, -0.15) is 5.26 Å². The van der Waals surface area contributed by atoms with Crippen LogP contribution in [0.1, 0.15) is 36.6 Å². The van der Waals surface area contributed by atoms with Crippen LogP contribution < -0.4 is 5.56 Å². The lowest BCUT2D eigenvalue weighted by Crippen LogP contribution is -2.18. The van der Waals surface area contributed by atoms with Gasteiger partial charge in [-0.15, -0.1) is 0 Å². The van der Waals surface area contributed by atoms with Gasteiger partial charge in [0.15, 0.2) is 0 Å². The molecule has 0 saturated heterocycles. The summed E-state index contributed by atoms with van der Waals surface area (Å²) in [5.41, 5.74) is 2.85. The fourth-order valence-electron chi connectivity index (χ4n) is 2.14. The van der Waals surface area contributed by atoms with Crippen molar-refractivity contribution < 1.29 is 0 Å². The maximum Gasteiger partial charge on any atom is 0.274 e. The van der Waals surface area contributed by atoms with Crippen LogP contribution in [-0.2, 0) is 0 Å². The average Bonchev–Trinajstić information content (AvgIpc) is 2.65. The highest BCUT2D eigenvalue weighted by atomic mass is 16.1. The van der Waals surface area contributed by atoms with Crippen molar-refractivity contribution in [3.63, 3.8) is 0 Å². The summed E-state index contributed by atoms with van der Waals surface area (Å²) < 4.78 is 1.49. The smallest absolute Gasteiger partial charge is 0.274 e. The van der Waals surface area contributed by atoms with Crippen molar-refractivity contribution in [1.82, 2.24) is 9.78 Å². The fraction of sp³-hybridized carbons (Fsp3) is 0.286. The zero-order valence-electron chi connectivity index (χ0n) is 10.7. The maximum absolute atomic E-state index is 12.3. The standard InChI is InChI=1S/C14H15N3O/c1-9(2)13-10(3)16-17(14(13)18)12-6-4-5-11(7-12)8-15/h4-7,9,16H,1-3H3. The third kappa shape index (κ3) is 1.95. The van der Waals surface area contributed by atoms with E-state index in [4.69, 9.17) is 5.26 Å². The molecule has 1 aromatic carbocycles. The van der Waals surface area contributed by atoms with Crippen LogP contribution in [0.5, 0.6) is 0 Å². The van der Waals surface area contributed by atoms with E-state index in [1.165, 1.54) is 4.68 Å². The number of aromatic nitrogens is 2. The zero-order chi connectivity index (χ0) is 13.3. The van der Waals surface area contributed by atoms with Gasteiger partial charge in [0.1, 0.15) is 0 Å². The minimum atomic E-state index is -0.0439. The van der Waals surface area contributed by atoms with Gasteiger partial charge in [-0.3, -0.25) is 9.89 Å². The molecule has 0 aliphatic rings. The summed E-state index contributed by atoms with van der Waals surface area (Å²) in [7, 11) is 0. The van der Waals surface area contributed by atoms with Crippen LogP contribution in [-0.4, -0.2) is 9.78 Å². The van der Waals surface area contributed by atoms with Gasteiger partial charge in [-0.05, 0) is 31.0 Å². The Balaban J connectivity index is 2.62. The molecular weight excluding hydrogens is 226 g/mol. The lowest BCUT2D eigenvalue weighted by atomic mass is 10.1. The topological polar surface area (TPSA) is 61.6 Å².